The number of halogens is 1. The van der Waals surface area contributed by atoms with Gasteiger partial charge in [0.05, 0.1) is 17.5 Å². The third-order valence-corrected chi connectivity index (χ3v) is 2.78. The van der Waals surface area contributed by atoms with Crippen LogP contribution in [0.25, 0.3) is 0 Å². The van der Waals surface area contributed by atoms with Gasteiger partial charge in [0.15, 0.2) is 0 Å². The Bertz CT molecular complexity index is 609. The van der Waals surface area contributed by atoms with Crippen molar-refractivity contribution in [1.82, 2.24) is 0 Å². The second kappa shape index (κ2) is 6.02. The van der Waals surface area contributed by atoms with Gasteiger partial charge in [0.2, 0.25) is 0 Å². The van der Waals surface area contributed by atoms with E-state index in [-0.39, 0.29) is 5.56 Å². The first-order valence-electron chi connectivity index (χ1n) is 5.54. The van der Waals surface area contributed by atoms with E-state index in [2.05, 4.69) is 10.5 Å². The zero-order valence-corrected chi connectivity index (χ0v) is 10.6. The van der Waals surface area contributed by atoms with Gasteiger partial charge in [-0.2, -0.15) is 5.10 Å². The van der Waals surface area contributed by atoms with Gasteiger partial charge in [0, 0.05) is 10.6 Å². The molecule has 2 aromatic rings. The molecule has 0 aliphatic rings. The zero-order valence-electron chi connectivity index (χ0n) is 9.88. The summed E-state index contributed by atoms with van der Waals surface area (Å²) in [6, 6.07) is 13.7. The van der Waals surface area contributed by atoms with Crippen LogP contribution in [0.5, 0.6) is 0 Å². The molecule has 0 unspecified atom stereocenters. The van der Waals surface area contributed by atoms with Crippen molar-refractivity contribution in [3.05, 3.63) is 64.7 Å². The number of hydrogen-bond donors (Lipinski definition) is 2. The van der Waals surface area contributed by atoms with Gasteiger partial charge in [-0.25, -0.2) is 4.79 Å². The van der Waals surface area contributed by atoms with Crippen LogP contribution in [0.1, 0.15) is 15.9 Å². The maximum Gasteiger partial charge on any atom is 0.335 e. The van der Waals surface area contributed by atoms with Crippen molar-refractivity contribution in [1.29, 1.82) is 0 Å². The number of carboxylic acid groups (broad SMARTS) is 1. The predicted molar refractivity (Wildman–Crippen MR) is 76.1 cm³/mol. The lowest BCUT2D eigenvalue weighted by Crippen LogP contribution is -1.96. The molecular formula is C14H11ClN2O2. The van der Waals surface area contributed by atoms with Crippen molar-refractivity contribution in [2.45, 2.75) is 0 Å². The van der Waals surface area contributed by atoms with Crippen molar-refractivity contribution in [3.63, 3.8) is 0 Å². The average Bonchev–Trinajstić information content (AvgIpc) is 2.41. The Kier molecular flexibility index (Phi) is 4.15. The second-order valence-corrected chi connectivity index (χ2v) is 4.18. The van der Waals surface area contributed by atoms with E-state index < -0.39 is 5.97 Å². The standard InChI is InChI=1S/C14H11ClN2O2/c15-13-4-2-1-3-11(13)9-16-17-12-7-5-10(6-8-12)14(18)19/h1-9,17H,(H,18,19). The molecule has 0 saturated carbocycles. The van der Waals surface area contributed by atoms with Crippen LogP contribution in [-0.4, -0.2) is 17.3 Å². The van der Waals surface area contributed by atoms with Crippen molar-refractivity contribution in [2.75, 3.05) is 5.43 Å². The monoisotopic (exact) mass is 274 g/mol. The number of nitrogens with zero attached hydrogens (tertiary/aromatic N) is 1. The van der Waals surface area contributed by atoms with E-state index in [9.17, 15) is 4.79 Å². The van der Waals surface area contributed by atoms with Crippen molar-refractivity contribution >= 4 is 29.5 Å². The zero-order chi connectivity index (χ0) is 13.7. The van der Waals surface area contributed by atoms with Crippen molar-refractivity contribution in [3.8, 4) is 0 Å². The normalized spacial score (nSPS) is 10.6. The molecule has 4 nitrogen and oxygen atoms in total. The summed E-state index contributed by atoms with van der Waals surface area (Å²) in [6.45, 7) is 0. The number of hydrazone groups is 1. The Morgan fingerprint density at radius 1 is 1.16 bits per heavy atom. The first-order valence-corrected chi connectivity index (χ1v) is 5.91. The Labute approximate surface area is 115 Å². The largest absolute Gasteiger partial charge is 0.478 e. The van der Waals surface area contributed by atoms with E-state index in [0.717, 1.165) is 5.56 Å². The molecular weight excluding hydrogens is 264 g/mol. The summed E-state index contributed by atoms with van der Waals surface area (Å²) >= 11 is 5.98. The molecule has 0 bridgehead atoms. The highest BCUT2D eigenvalue weighted by atomic mass is 35.5. The van der Waals surface area contributed by atoms with Gasteiger partial charge in [-0.3, -0.25) is 5.43 Å². The summed E-state index contributed by atoms with van der Waals surface area (Å²) in [4.78, 5) is 10.7. The van der Waals surface area contributed by atoms with Gasteiger partial charge in [-0.15, -0.1) is 0 Å². The van der Waals surface area contributed by atoms with Crippen LogP contribution < -0.4 is 5.43 Å². The van der Waals surface area contributed by atoms with Gasteiger partial charge >= 0.3 is 5.97 Å². The summed E-state index contributed by atoms with van der Waals surface area (Å²) in [5.41, 5.74) is 4.55. The highest BCUT2D eigenvalue weighted by Crippen LogP contribution is 2.13. The Balaban J connectivity index is 2.03. The third kappa shape index (κ3) is 3.56. The lowest BCUT2D eigenvalue weighted by molar-refractivity contribution is 0.0697. The number of carboxylic acids is 1. The minimum atomic E-state index is -0.953. The summed E-state index contributed by atoms with van der Waals surface area (Å²) in [6.07, 6.45) is 1.60. The lowest BCUT2D eigenvalue weighted by atomic mass is 10.2. The molecule has 0 amide bonds. The molecule has 0 fully saturated rings. The van der Waals surface area contributed by atoms with Gasteiger partial charge in [-0.05, 0) is 30.3 Å². The number of hydrogen-bond acceptors (Lipinski definition) is 3. The summed E-state index contributed by atoms with van der Waals surface area (Å²) in [5, 5.41) is 13.4. The molecule has 2 aromatic carbocycles. The van der Waals surface area contributed by atoms with Crippen LogP contribution in [0, 0.1) is 0 Å². The smallest absolute Gasteiger partial charge is 0.335 e. The third-order valence-electron chi connectivity index (χ3n) is 2.43. The van der Waals surface area contributed by atoms with Gasteiger partial charge in [0.1, 0.15) is 0 Å². The summed E-state index contributed by atoms with van der Waals surface area (Å²) in [5.74, 6) is -0.953. The van der Waals surface area contributed by atoms with E-state index in [1.807, 2.05) is 18.2 Å². The molecule has 0 heterocycles. The van der Waals surface area contributed by atoms with Crippen molar-refractivity contribution < 1.29 is 9.90 Å². The molecule has 0 saturated heterocycles. The molecule has 2 rings (SSSR count). The van der Waals surface area contributed by atoms with Crippen LogP contribution >= 0.6 is 11.6 Å². The predicted octanol–water partition coefficient (Wildman–Crippen LogP) is 3.48. The van der Waals surface area contributed by atoms with Gasteiger partial charge in [-0.1, -0.05) is 29.8 Å². The fraction of sp³-hybridized carbons (Fsp3) is 0. The molecule has 5 heteroatoms. The molecule has 0 aliphatic heterocycles. The maximum atomic E-state index is 10.7. The highest BCUT2D eigenvalue weighted by Gasteiger charge is 2.00. The fourth-order valence-electron chi connectivity index (χ4n) is 1.44. The minimum Gasteiger partial charge on any atom is -0.478 e. The number of aromatic carboxylic acids is 1. The number of rotatable bonds is 4. The van der Waals surface area contributed by atoms with Crippen LogP contribution in [0.3, 0.4) is 0 Å². The van der Waals surface area contributed by atoms with E-state index in [1.165, 1.54) is 12.1 Å². The lowest BCUT2D eigenvalue weighted by Gasteiger charge is -2.01. The van der Waals surface area contributed by atoms with E-state index in [0.29, 0.717) is 10.7 Å². The maximum absolute atomic E-state index is 10.7. The van der Waals surface area contributed by atoms with Crippen LogP contribution in [0.2, 0.25) is 5.02 Å². The topological polar surface area (TPSA) is 61.7 Å². The second-order valence-electron chi connectivity index (χ2n) is 3.77. The molecule has 0 spiro atoms. The van der Waals surface area contributed by atoms with Crippen LogP contribution in [-0.2, 0) is 0 Å². The Morgan fingerprint density at radius 2 is 1.84 bits per heavy atom. The minimum absolute atomic E-state index is 0.237. The Hall–Kier alpha value is -2.33. The number of anilines is 1. The SMILES string of the molecule is O=C(O)c1ccc(NN=Cc2ccccc2Cl)cc1. The quantitative estimate of drug-likeness (QED) is 0.663. The van der Waals surface area contributed by atoms with Crippen LogP contribution in [0.15, 0.2) is 53.6 Å². The molecule has 96 valence electrons. The Morgan fingerprint density at radius 3 is 2.47 bits per heavy atom. The van der Waals surface area contributed by atoms with Crippen LogP contribution in [0.4, 0.5) is 5.69 Å². The first-order chi connectivity index (χ1) is 9.16. The first kappa shape index (κ1) is 13.1. The van der Waals surface area contributed by atoms with E-state index in [4.69, 9.17) is 16.7 Å². The van der Waals surface area contributed by atoms with Gasteiger partial charge < -0.3 is 5.11 Å². The number of carbonyl (C=O) groups is 1. The van der Waals surface area contributed by atoms with E-state index >= 15 is 0 Å². The summed E-state index contributed by atoms with van der Waals surface area (Å²) < 4.78 is 0. The molecule has 0 aromatic heterocycles. The average molecular weight is 275 g/mol. The molecule has 19 heavy (non-hydrogen) atoms. The fourth-order valence-corrected chi connectivity index (χ4v) is 1.63. The highest BCUT2D eigenvalue weighted by molar-refractivity contribution is 6.33. The number of benzene rings is 2. The molecule has 0 aliphatic carbocycles. The van der Waals surface area contributed by atoms with Crippen molar-refractivity contribution in [2.24, 2.45) is 5.10 Å². The van der Waals surface area contributed by atoms with E-state index in [1.54, 1.807) is 24.4 Å². The van der Waals surface area contributed by atoms with Gasteiger partial charge in [0.25, 0.3) is 0 Å². The number of nitrogens with one attached hydrogen (secondary N) is 1. The summed E-state index contributed by atoms with van der Waals surface area (Å²) in [7, 11) is 0. The molecule has 0 radical (unpaired) electrons. The molecule has 2 N–H and O–H groups in total. The molecule has 0 atom stereocenters.